The summed E-state index contributed by atoms with van der Waals surface area (Å²) in [6.07, 6.45) is 43.5. The number of esters is 1. The van der Waals surface area contributed by atoms with Gasteiger partial charge in [0.25, 0.3) is 0 Å². The molecule has 0 radical (unpaired) electrons. The van der Waals surface area contributed by atoms with Crippen LogP contribution in [0, 0.1) is 0 Å². The van der Waals surface area contributed by atoms with Crippen molar-refractivity contribution in [3.8, 4) is 0 Å². The van der Waals surface area contributed by atoms with Crippen LogP contribution in [0.4, 0.5) is 0 Å². The van der Waals surface area contributed by atoms with E-state index in [1.165, 1.54) is 154 Å². The molecule has 1 aliphatic rings. The van der Waals surface area contributed by atoms with E-state index in [9.17, 15) is 39.8 Å². The average Bonchev–Trinajstić information content (AvgIpc) is 3.32. The predicted molar refractivity (Wildman–Crippen MR) is 276 cm³/mol. The summed E-state index contributed by atoms with van der Waals surface area (Å²) < 4.78 is 34.4. The van der Waals surface area contributed by atoms with Crippen LogP contribution in [-0.4, -0.2) is 98.9 Å². The van der Waals surface area contributed by atoms with E-state index in [-0.39, 0.29) is 13.0 Å². The van der Waals surface area contributed by atoms with Gasteiger partial charge in [-0.3, -0.25) is 13.8 Å². The summed E-state index contributed by atoms with van der Waals surface area (Å²) in [5.41, 5.74) is 0. The van der Waals surface area contributed by atoms with Crippen LogP contribution in [0.15, 0.2) is 36.5 Å². The molecule has 1 fully saturated rings. The lowest BCUT2D eigenvalue weighted by Crippen LogP contribution is -2.64. The molecule has 1 rings (SSSR count). The first-order valence-electron chi connectivity index (χ1n) is 27.8. The number of rotatable bonds is 48. The predicted octanol–water partition coefficient (Wildman–Crippen LogP) is 13.0. The molecule has 1 aliphatic carbocycles. The van der Waals surface area contributed by atoms with E-state index in [1.807, 2.05) is 0 Å². The van der Waals surface area contributed by atoms with Crippen molar-refractivity contribution in [2.45, 2.75) is 288 Å². The number of carbonyl (C=O) groups is 1. The molecule has 68 heavy (non-hydrogen) atoms. The Morgan fingerprint density at radius 1 is 0.471 bits per heavy atom. The van der Waals surface area contributed by atoms with Crippen molar-refractivity contribution in [3.63, 3.8) is 0 Å². The quantitative estimate of drug-likeness (QED) is 0.0147. The second-order valence-corrected chi connectivity index (χ2v) is 20.8. The third kappa shape index (κ3) is 36.5. The molecule has 12 nitrogen and oxygen atoms in total. The smallest absolute Gasteiger partial charge is 0.457 e. The van der Waals surface area contributed by atoms with Crippen molar-refractivity contribution in [2.75, 3.05) is 19.8 Å². The van der Waals surface area contributed by atoms with Gasteiger partial charge < -0.3 is 39.9 Å². The van der Waals surface area contributed by atoms with Gasteiger partial charge in [0.05, 0.1) is 13.2 Å². The Morgan fingerprint density at radius 3 is 1.25 bits per heavy atom. The van der Waals surface area contributed by atoms with Crippen LogP contribution in [0.1, 0.15) is 245 Å². The second-order valence-electron chi connectivity index (χ2n) is 19.4. The number of phosphoric ester groups is 1. The highest BCUT2D eigenvalue weighted by molar-refractivity contribution is 7.47. The summed E-state index contributed by atoms with van der Waals surface area (Å²) in [5, 5.41) is 50.4. The fraction of sp³-hybridized carbons (Fsp3) is 0.873. The first kappa shape index (κ1) is 64.6. The number of aliphatic hydroxyl groups is 5. The zero-order chi connectivity index (χ0) is 49.8. The zero-order valence-corrected chi connectivity index (χ0v) is 44.1. The average molecular weight is 987 g/mol. The Labute approximate surface area is 414 Å². The van der Waals surface area contributed by atoms with Crippen molar-refractivity contribution in [1.82, 2.24) is 0 Å². The lowest BCUT2D eigenvalue weighted by atomic mass is 9.85. The van der Waals surface area contributed by atoms with Crippen molar-refractivity contribution in [3.05, 3.63) is 36.5 Å². The molecule has 13 heteroatoms. The van der Waals surface area contributed by atoms with Gasteiger partial charge in [0.1, 0.15) is 42.7 Å². The molecule has 0 spiro atoms. The number of aliphatic hydroxyl groups excluding tert-OH is 5. The van der Waals surface area contributed by atoms with Gasteiger partial charge in [-0.25, -0.2) is 4.57 Å². The molecule has 400 valence electrons. The van der Waals surface area contributed by atoms with Gasteiger partial charge in [-0.15, -0.1) is 0 Å². The zero-order valence-electron chi connectivity index (χ0n) is 43.2. The summed E-state index contributed by atoms with van der Waals surface area (Å²) in [4.78, 5) is 23.3. The second kappa shape index (κ2) is 45.4. The molecule has 0 saturated heterocycles. The van der Waals surface area contributed by atoms with E-state index >= 15 is 0 Å². The van der Waals surface area contributed by atoms with E-state index in [0.29, 0.717) is 13.0 Å². The molecule has 6 unspecified atom stereocenters. The van der Waals surface area contributed by atoms with Gasteiger partial charge in [-0.2, -0.15) is 0 Å². The van der Waals surface area contributed by atoms with Crippen LogP contribution in [0.3, 0.4) is 0 Å². The van der Waals surface area contributed by atoms with Crippen molar-refractivity contribution in [2.24, 2.45) is 0 Å². The van der Waals surface area contributed by atoms with Crippen molar-refractivity contribution >= 4 is 13.8 Å². The Balaban J connectivity index is 2.31. The molecule has 0 aromatic heterocycles. The summed E-state index contributed by atoms with van der Waals surface area (Å²) in [5.74, 6) is -0.476. The van der Waals surface area contributed by atoms with E-state index in [1.54, 1.807) is 0 Å². The van der Waals surface area contributed by atoms with Crippen LogP contribution in [0.5, 0.6) is 0 Å². The van der Waals surface area contributed by atoms with E-state index in [4.69, 9.17) is 18.5 Å². The lowest BCUT2D eigenvalue weighted by molar-refractivity contribution is -0.220. The Kier molecular flexibility index (Phi) is 43.1. The van der Waals surface area contributed by atoms with Gasteiger partial charge in [0.2, 0.25) is 0 Å². The Bertz CT molecular complexity index is 1260. The molecule has 0 aromatic carbocycles. The monoisotopic (exact) mass is 987 g/mol. The number of hydrogen-bond acceptors (Lipinski definition) is 11. The largest absolute Gasteiger partial charge is 0.472 e. The standard InChI is InChI=1S/C55H103O12P/c1-3-5-7-9-11-13-15-17-19-21-23-24-25-27-29-31-33-35-37-39-41-43-45-64-46-48(47-65-68(62,63)67-55-53(60)51(58)50(57)52(59)54(55)61)66-49(56)44-42-40-38-36-34-32-30-28-26-22-20-18-16-14-12-10-8-6-4-2/h15,17,21,23,25,27,48,50-55,57-61H,3-14,16,18-20,22,24,26,28-47H2,1-2H3,(H,62,63)/b17-15-,23-21-,27-25-. The van der Waals surface area contributed by atoms with Gasteiger partial charge in [-0.1, -0.05) is 224 Å². The fourth-order valence-electron chi connectivity index (χ4n) is 8.60. The summed E-state index contributed by atoms with van der Waals surface area (Å²) in [7, 11) is -5.03. The van der Waals surface area contributed by atoms with Crippen LogP contribution in [0.25, 0.3) is 0 Å². The Hall–Kier alpha value is -1.44. The van der Waals surface area contributed by atoms with Crippen molar-refractivity contribution in [1.29, 1.82) is 0 Å². The molecule has 0 bridgehead atoms. The highest BCUT2D eigenvalue weighted by atomic mass is 31.2. The molecule has 6 N–H and O–H groups in total. The molecule has 0 aromatic rings. The summed E-state index contributed by atoms with van der Waals surface area (Å²) in [6.45, 7) is 4.27. The van der Waals surface area contributed by atoms with Crippen molar-refractivity contribution < 1.29 is 58.3 Å². The molecule has 0 amide bonds. The molecular weight excluding hydrogens is 884 g/mol. The fourth-order valence-corrected chi connectivity index (χ4v) is 9.57. The topological polar surface area (TPSA) is 192 Å². The maximum Gasteiger partial charge on any atom is 0.472 e. The van der Waals surface area contributed by atoms with Gasteiger partial charge in [0.15, 0.2) is 0 Å². The minimum Gasteiger partial charge on any atom is -0.457 e. The molecule has 6 atom stereocenters. The lowest BCUT2D eigenvalue weighted by Gasteiger charge is -2.41. The number of phosphoric acid groups is 1. The van der Waals surface area contributed by atoms with Gasteiger partial charge in [0, 0.05) is 13.0 Å². The van der Waals surface area contributed by atoms with Gasteiger partial charge >= 0.3 is 13.8 Å². The highest BCUT2D eigenvalue weighted by Gasteiger charge is 2.51. The normalized spacial score (nSPS) is 21.4. The number of unbranched alkanes of at least 4 members (excludes halogenated alkanes) is 30. The Morgan fingerprint density at radius 2 is 0.824 bits per heavy atom. The molecule has 0 heterocycles. The first-order chi connectivity index (χ1) is 33.0. The maximum absolute atomic E-state index is 12.9. The van der Waals surface area contributed by atoms with Crippen LogP contribution in [-0.2, 0) is 27.9 Å². The molecular formula is C55H103O12P. The molecule has 0 aliphatic heterocycles. The van der Waals surface area contributed by atoms with E-state index in [0.717, 1.165) is 64.2 Å². The minimum atomic E-state index is -5.03. The number of hydrogen-bond donors (Lipinski definition) is 6. The van der Waals surface area contributed by atoms with Gasteiger partial charge in [-0.05, 0) is 51.4 Å². The number of allylic oxidation sites excluding steroid dienone is 6. The highest BCUT2D eigenvalue weighted by Crippen LogP contribution is 2.47. The maximum atomic E-state index is 12.9. The van der Waals surface area contributed by atoms with E-state index in [2.05, 4.69) is 50.3 Å². The third-order valence-corrected chi connectivity index (χ3v) is 14.0. The number of carbonyl (C=O) groups excluding carboxylic acids is 1. The summed E-state index contributed by atoms with van der Waals surface area (Å²) >= 11 is 0. The molecule has 1 saturated carbocycles. The summed E-state index contributed by atoms with van der Waals surface area (Å²) in [6, 6.07) is 0. The SMILES string of the molecule is CCCCCCC/C=C\C/C=C\C/C=C\CCCCCCCCCOCC(COP(=O)(O)OC1C(O)C(O)C(O)C(O)C1O)OC(=O)CCCCCCCCCCCCCCCCCCCCC. The third-order valence-electron chi connectivity index (χ3n) is 13.0. The van der Waals surface area contributed by atoms with Crippen LogP contribution >= 0.6 is 7.82 Å². The van der Waals surface area contributed by atoms with Crippen LogP contribution in [0.2, 0.25) is 0 Å². The minimum absolute atomic E-state index is 0.0805. The van der Waals surface area contributed by atoms with Crippen LogP contribution < -0.4 is 0 Å². The van der Waals surface area contributed by atoms with E-state index < -0.39 is 63.1 Å². The number of ether oxygens (including phenoxy) is 2. The first-order valence-corrected chi connectivity index (χ1v) is 29.3.